The van der Waals surface area contributed by atoms with Crippen molar-refractivity contribution >= 4 is 38.6 Å². The standard InChI is InChI=1S/C33H29F3N6O4/c34-33(35,36)32(45)41-13-11-40(12-14-41)16-25-22-7-3-1-5-20(22)24(21-6-2-4-8-23(21)25)9-10-26-30-31(38-18-37-26)42(19-39-30)29-15-27(44)28(17-43)46-29/h1-8,18-19,27-29,43-44H,11-17H2/t27-,28+,29+/m0/s1. The van der Waals surface area contributed by atoms with Crippen molar-refractivity contribution in [1.29, 1.82) is 0 Å². The molecule has 0 bridgehead atoms. The van der Waals surface area contributed by atoms with E-state index in [-0.39, 0.29) is 26.1 Å². The molecule has 0 saturated carbocycles. The molecule has 236 valence electrons. The number of carbonyl (C=O) groups excluding carboxylic acids is 1. The molecule has 0 spiro atoms. The van der Waals surface area contributed by atoms with Gasteiger partial charge in [0, 0.05) is 44.7 Å². The number of alkyl halides is 3. The van der Waals surface area contributed by atoms with E-state index in [4.69, 9.17) is 4.74 Å². The molecular weight excluding hydrogens is 601 g/mol. The van der Waals surface area contributed by atoms with Crippen molar-refractivity contribution in [2.24, 2.45) is 0 Å². The molecule has 2 aliphatic rings. The minimum absolute atomic E-state index is 0.0103. The number of aliphatic hydroxyl groups excluding tert-OH is 2. The molecule has 2 aromatic heterocycles. The number of hydrogen-bond acceptors (Lipinski definition) is 8. The number of nitrogens with zero attached hydrogens (tertiary/aromatic N) is 6. The highest BCUT2D eigenvalue weighted by Crippen LogP contribution is 2.34. The maximum atomic E-state index is 13.0. The number of hydrogen-bond donors (Lipinski definition) is 2. The van der Waals surface area contributed by atoms with E-state index < -0.39 is 30.5 Å². The van der Waals surface area contributed by atoms with Crippen LogP contribution in [0.15, 0.2) is 61.2 Å². The van der Waals surface area contributed by atoms with Gasteiger partial charge in [0.05, 0.1) is 19.0 Å². The van der Waals surface area contributed by atoms with Crippen molar-refractivity contribution in [2.75, 3.05) is 32.8 Å². The Morgan fingerprint density at radius 3 is 2.20 bits per heavy atom. The highest BCUT2D eigenvalue weighted by atomic mass is 19.4. The molecule has 0 aliphatic carbocycles. The highest BCUT2D eigenvalue weighted by molar-refractivity contribution is 6.08. The van der Waals surface area contributed by atoms with Gasteiger partial charge in [-0.3, -0.25) is 14.3 Å². The van der Waals surface area contributed by atoms with E-state index in [0.717, 1.165) is 37.6 Å². The van der Waals surface area contributed by atoms with Crippen molar-refractivity contribution in [3.05, 3.63) is 78.0 Å². The summed E-state index contributed by atoms with van der Waals surface area (Å²) in [4.78, 5) is 28.0. The molecule has 0 radical (unpaired) electrons. The molecule has 0 unspecified atom stereocenters. The largest absolute Gasteiger partial charge is 0.471 e. The molecule has 13 heteroatoms. The van der Waals surface area contributed by atoms with Gasteiger partial charge in [0.1, 0.15) is 29.9 Å². The molecule has 7 rings (SSSR count). The van der Waals surface area contributed by atoms with Crippen LogP contribution in [0.2, 0.25) is 0 Å². The van der Waals surface area contributed by atoms with Crippen LogP contribution in [0.25, 0.3) is 32.7 Å². The van der Waals surface area contributed by atoms with Crippen LogP contribution < -0.4 is 0 Å². The summed E-state index contributed by atoms with van der Waals surface area (Å²) in [6.07, 6.45) is -3.64. The SMILES string of the molecule is O=C(N1CCN(Cc2c3ccccc3c(C#Cc3ncnc4c3ncn4[C@H]3C[C@H](O)[C@@H](CO)O3)c3ccccc23)CC1)C(F)(F)F. The number of aromatic nitrogens is 4. The summed E-state index contributed by atoms with van der Waals surface area (Å²) in [5.74, 6) is 4.76. The first-order chi connectivity index (χ1) is 22.2. The number of benzene rings is 3. The summed E-state index contributed by atoms with van der Waals surface area (Å²) >= 11 is 0. The predicted molar refractivity (Wildman–Crippen MR) is 162 cm³/mol. The minimum Gasteiger partial charge on any atom is -0.394 e. The maximum Gasteiger partial charge on any atom is 0.471 e. The molecule has 46 heavy (non-hydrogen) atoms. The Kier molecular flexibility index (Phi) is 7.82. The topological polar surface area (TPSA) is 117 Å². The van der Waals surface area contributed by atoms with Gasteiger partial charge in [-0.15, -0.1) is 0 Å². The lowest BCUT2D eigenvalue weighted by Gasteiger charge is -2.35. The van der Waals surface area contributed by atoms with E-state index in [9.17, 15) is 28.2 Å². The van der Waals surface area contributed by atoms with Crippen LogP contribution in [0, 0.1) is 11.8 Å². The van der Waals surface area contributed by atoms with Gasteiger partial charge in [0.15, 0.2) is 5.65 Å². The molecule has 2 saturated heterocycles. The molecule has 3 atom stereocenters. The van der Waals surface area contributed by atoms with Gasteiger partial charge in [0.2, 0.25) is 0 Å². The molecule has 2 fully saturated rings. The zero-order chi connectivity index (χ0) is 32.0. The summed E-state index contributed by atoms with van der Waals surface area (Å²) in [6, 6.07) is 15.8. The lowest BCUT2D eigenvalue weighted by molar-refractivity contribution is -0.187. The van der Waals surface area contributed by atoms with Crippen LogP contribution in [0.4, 0.5) is 13.2 Å². The predicted octanol–water partition coefficient (Wildman–Crippen LogP) is 3.38. The normalized spacial score (nSPS) is 20.8. The number of ether oxygens (including phenoxy) is 1. The van der Waals surface area contributed by atoms with Crippen molar-refractivity contribution < 1.29 is 32.9 Å². The van der Waals surface area contributed by atoms with E-state index in [1.807, 2.05) is 48.5 Å². The second-order valence-corrected chi connectivity index (χ2v) is 11.4. The monoisotopic (exact) mass is 630 g/mol. The number of aliphatic hydroxyl groups is 2. The lowest BCUT2D eigenvalue weighted by Crippen LogP contribution is -2.52. The fourth-order valence-corrected chi connectivity index (χ4v) is 6.36. The first-order valence-electron chi connectivity index (χ1n) is 14.9. The third kappa shape index (κ3) is 5.43. The third-order valence-corrected chi connectivity index (χ3v) is 8.69. The quantitative estimate of drug-likeness (QED) is 0.230. The molecule has 2 aliphatic heterocycles. The summed E-state index contributed by atoms with van der Waals surface area (Å²) in [6.45, 7) is 0.882. The second kappa shape index (κ2) is 12.0. The number of carbonyl (C=O) groups is 1. The van der Waals surface area contributed by atoms with E-state index in [0.29, 0.717) is 36.5 Å². The average Bonchev–Trinajstić information content (AvgIpc) is 3.67. The Hall–Kier alpha value is -4.61. The molecule has 3 aromatic carbocycles. The van der Waals surface area contributed by atoms with E-state index >= 15 is 0 Å². The Labute approximate surface area is 261 Å². The number of amides is 1. The zero-order valence-electron chi connectivity index (χ0n) is 24.5. The van der Waals surface area contributed by atoms with Gasteiger partial charge >= 0.3 is 12.1 Å². The van der Waals surface area contributed by atoms with Crippen LogP contribution >= 0.6 is 0 Å². The van der Waals surface area contributed by atoms with Crippen LogP contribution in [0.3, 0.4) is 0 Å². The molecule has 5 aromatic rings. The van der Waals surface area contributed by atoms with Gasteiger partial charge < -0.3 is 19.8 Å². The van der Waals surface area contributed by atoms with Gasteiger partial charge in [-0.2, -0.15) is 13.2 Å². The summed E-state index contributed by atoms with van der Waals surface area (Å²) in [5.41, 5.74) is 3.24. The number of imidazole rings is 1. The summed E-state index contributed by atoms with van der Waals surface area (Å²) < 4.78 is 46.4. The minimum atomic E-state index is -4.87. The first kappa shape index (κ1) is 30.1. The molecular formula is C33H29F3N6O4. The van der Waals surface area contributed by atoms with Gasteiger partial charge in [0.25, 0.3) is 0 Å². The average molecular weight is 631 g/mol. The summed E-state index contributed by atoms with van der Waals surface area (Å²) in [5, 5.41) is 23.5. The van der Waals surface area contributed by atoms with Gasteiger partial charge in [-0.25, -0.2) is 15.0 Å². The van der Waals surface area contributed by atoms with E-state index in [2.05, 4.69) is 31.7 Å². The van der Waals surface area contributed by atoms with Crippen molar-refractivity contribution in [3.63, 3.8) is 0 Å². The molecule has 10 nitrogen and oxygen atoms in total. The Balaban J connectivity index is 1.23. The lowest BCUT2D eigenvalue weighted by atomic mass is 9.91. The Morgan fingerprint density at radius 1 is 0.935 bits per heavy atom. The van der Waals surface area contributed by atoms with Crippen molar-refractivity contribution in [1.82, 2.24) is 29.3 Å². The summed E-state index contributed by atoms with van der Waals surface area (Å²) in [7, 11) is 0. The van der Waals surface area contributed by atoms with Crippen molar-refractivity contribution in [3.8, 4) is 11.8 Å². The van der Waals surface area contributed by atoms with Crippen LogP contribution in [-0.2, 0) is 16.1 Å². The van der Waals surface area contributed by atoms with E-state index in [1.54, 1.807) is 10.9 Å². The van der Waals surface area contributed by atoms with Crippen LogP contribution in [0.1, 0.15) is 29.5 Å². The molecule has 1 amide bonds. The number of halogens is 3. The highest BCUT2D eigenvalue weighted by Gasteiger charge is 2.43. The maximum absolute atomic E-state index is 13.0. The number of piperazine rings is 1. The van der Waals surface area contributed by atoms with Gasteiger partial charge in [-0.1, -0.05) is 54.5 Å². The van der Waals surface area contributed by atoms with Crippen molar-refractivity contribution in [2.45, 2.75) is 37.6 Å². The van der Waals surface area contributed by atoms with E-state index in [1.165, 1.54) is 6.33 Å². The fourth-order valence-electron chi connectivity index (χ4n) is 6.36. The Morgan fingerprint density at radius 2 is 1.59 bits per heavy atom. The van der Waals surface area contributed by atoms with Crippen LogP contribution in [0.5, 0.6) is 0 Å². The zero-order valence-corrected chi connectivity index (χ0v) is 24.5. The fraction of sp³-hybridized carbons (Fsp3) is 0.333. The number of rotatable bonds is 4. The number of fused-ring (bicyclic) bond motifs is 3. The van der Waals surface area contributed by atoms with Gasteiger partial charge in [-0.05, 0) is 33.0 Å². The smallest absolute Gasteiger partial charge is 0.394 e. The second-order valence-electron chi connectivity index (χ2n) is 11.4. The third-order valence-electron chi connectivity index (χ3n) is 8.69. The van der Waals surface area contributed by atoms with Crippen LogP contribution in [-0.4, -0.2) is 96.6 Å². The first-order valence-corrected chi connectivity index (χ1v) is 14.9. The molecule has 4 heterocycles. The Bertz CT molecular complexity index is 1950. The molecule has 2 N–H and O–H groups in total.